The van der Waals surface area contributed by atoms with Crippen molar-refractivity contribution in [3.8, 4) is 0 Å². The number of hydrogen-bond donors (Lipinski definition) is 1. The quantitative estimate of drug-likeness (QED) is 0.276. The van der Waals surface area contributed by atoms with Gasteiger partial charge in [0.1, 0.15) is 0 Å². The maximum Gasteiger partial charge on any atom is 1.00 e. The van der Waals surface area contributed by atoms with Crippen LogP contribution in [0.15, 0.2) is 0 Å². The summed E-state index contributed by atoms with van der Waals surface area (Å²) in [7, 11) is 0. The molecule has 0 spiro atoms. The third-order valence-electron chi connectivity index (χ3n) is 0.301. The first-order valence-corrected chi connectivity index (χ1v) is 1.38. The predicted octanol–water partition coefficient (Wildman–Crippen LogP) is -3.22. The number of Topliss-reactive ketones (excluding diaryl/α,β-unsaturated/α-hetero) is 1. The Bertz CT molecular complexity index is 80.5. The van der Waals surface area contributed by atoms with Crippen molar-refractivity contribution in [3.63, 3.8) is 0 Å². The molecule has 0 bridgehead atoms. The second kappa shape index (κ2) is 3.91. The van der Waals surface area contributed by atoms with Gasteiger partial charge in [0.05, 0.1) is 0 Å². The fourth-order valence-corrected chi connectivity index (χ4v) is 0. The van der Waals surface area contributed by atoms with E-state index in [2.05, 4.69) is 0 Å². The summed E-state index contributed by atoms with van der Waals surface area (Å²) in [6, 6.07) is 0. The molecule has 36 valence electrons. The Morgan fingerprint density at radius 1 is 1.57 bits per heavy atom. The first-order chi connectivity index (χ1) is 2.64. The number of hydrogen-bond acceptors (Lipinski definition) is 2. The number of carbonyl (C=O) groups excluding carboxylic acids is 1. The number of ketones is 1. The Morgan fingerprint density at radius 3 is 1.71 bits per heavy atom. The molecule has 0 saturated carbocycles. The van der Waals surface area contributed by atoms with Gasteiger partial charge < -0.3 is 6.53 Å². The van der Waals surface area contributed by atoms with Crippen molar-refractivity contribution in [2.45, 2.75) is 6.92 Å². The normalized spacial score (nSPS) is 6.43. The van der Waals surface area contributed by atoms with Crippen LogP contribution in [0.1, 0.15) is 8.35 Å². The van der Waals surface area contributed by atoms with Gasteiger partial charge in [-0.15, -0.1) is 0 Å². The summed E-state index contributed by atoms with van der Waals surface area (Å²) in [4.78, 5) is 18.9. The van der Waals surface area contributed by atoms with Crippen LogP contribution < -0.4 is 18.9 Å². The van der Waals surface area contributed by atoms with Gasteiger partial charge in [-0.05, 0) is 0 Å². The molecule has 0 atom stereocenters. The standard InChI is InChI=1S/C3H4O3.Li.H/c1-2(4)3(5)6;;/h1H3,(H,5,6);;/q;+1;-1. The third-order valence-corrected chi connectivity index (χ3v) is 0.301. The minimum Gasteiger partial charge on any atom is -1.00 e. The second-order valence-corrected chi connectivity index (χ2v) is 0.861. The SMILES string of the molecule is CC(=O)C(=O)O.[H-].[Li+]. The van der Waals surface area contributed by atoms with Crippen molar-refractivity contribution in [2.75, 3.05) is 0 Å². The Kier molecular flexibility index (Phi) is 5.52. The molecule has 0 saturated heterocycles. The van der Waals surface area contributed by atoms with Gasteiger partial charge >= 0.3 is 24.8 Å². The summed E-state index contributed by atoms with van der Waals surface area (Å²) < 4.78 is 0. The van der Waals surface area contributed by atoms with E-state index in [1.54, 1.807) is 0 Å². The van der Waals surface area contributed by atoms with E-state index < -0.39 is 11.8 Å². The van der Waals surface area contributed by atoms with E-state index in [0.717, 1.165) is 6.92 Å². The number of carboxylic acids is 1. The smallest absolute Gasteiger partial charge is 1.00 e. The molecule has 0 aliphatic rings. The fraction of sp³-hybridized carbons (Fsp3) is 0.333. The molecule has 0 heterocycles. The molecule has 0 fully saturated rings. The summed E-state index contributed by atoms with van der Waals surface area (Å²) in [5, 5.41) is 7.64. The van der Waals surface area contributed by atoms with Gasteiger partial charge in [-0.1, -0.05) is 0 Å². The zero-order chi connectivity index (χ0) is 5.15. The molecular formula is C3H5LiO3. The van der Waals surface area contributed by atoms with Crippen LogP contribution in [0.2, 0.25) is 0 Å². The average molecular weight is 96.0 g/mol. The van der Waals surface area contributed by atoms with Crippen LogP contribution in [-0.2, 0) is 9.59 Å². The van der Waals surface area contributed by atoms with E-state index >= 15 is 0 Å². The van der Waals surface area contributed by atoms with Crippen LogP contribution >= 0.6 is 0 Å². The van der Waals surface area contributed by atoms with Gasteiger partial charge in [0.25, 0.3) is 0 Å². The summed E-state index contributed by atoms with van der Waals surface area (Å²) in [6.07, 6.45) is 0. The zero-order valence-corrected chi connectivity index (χ0v) is 4.26. The Labute approximate surface area is 54.4 Å². The van der Waals surface area contributed by atoms with E-state index in [1.807, 2.05) is 0 Å². The van der Waals surface area contributed by atoms with Crippen LogP contribution in [0.25, 0.3) is 0 Å². The zero-order valence-electron chi connectivity index (χ0n) is 5.26. The molecule has 1 N–H and O–H groups in total. The van der Waals surface area contributed by atoms with Crippen molar-refractivity contribution in [2.24, 2.45) is 0 Å². The van der Waals surface area contributed by atoms with Gasteiger partial charge in [-0.2, -0.15) is 0 Å². The molecule has 4 heteroatoms. The molecule has 0 aromatic heterocycles. The fourth-order valence-electron chi connectivity index (χ4n) is 0. The minimum absolute atomic E-state index is 0. The van der Waals surface area contributed by atoms with Gasteiger partial charge in [0, 0.05) is 6.92 Å². The second-order valence-electron chi connectivity index (χ2n) is 0.861. The Balaban J connectivity index is -0.000000125. The predicted molar refractivity (Wildman–Crippen MR) is 19.4 cm³/mol. The van der Waals surface area contributed by atoms with Crippen molar-refractivity contribution < 1.29 is 35.0 Å². The largest absolute Gasteiger partial charge is 1.00 e. The van der Waals surface area contributed by atoms with Crippen LogP contribution in [0, 0.1) is 0 Å². The number of aliphatic carboxylic acids is 1. The molecule has 0 unspecified atom stereocenters. The van der Waals surface area contributed by atoms with Gasteiger partial charge in [-0.25, -0.2) is 4.79 Å². The molecule has 0 aromatic carbocycles. The van der Waals surface area contributed by atoms with E-state index in [-0.39, 0.29) is 20.3 Å². The molecule has 3 nitrogen and oxygen atoms in total. The molecule has 0 aliphatic carbocycles. The minimum atomic E-state index is -1.38. The molecule has 7 heavy (non-hydrogen) atoms. The van der Waals surface area contributed by atoms with Crippen molar-refractivity contribution in [1.82, 2.24) is 0 Å². The van der Waals surface area contributed by atoms with Crippen LogP contribution in [0.5, 0.6) is 0 Å². The molecule has 0 aromatic rings. The van der Waals surface area contributed by atoms with Crippen LogP contribution in [-0.4, -0.2) is 16.9 Å². The average Bonchev–Trinajstić information content (AvgIpc) is 1.36. The molecular weight excluding hydrogens is 91.0 g/mol. The van der Waals surface area contributed by atoms with E-state index in [1.165, 1.54) is 0 Å². The van der Waals surface area contributed by atoms with E-state index in [9.17, 15) is 9.59 Å². The summed E-state index contributed by atoms with van der Waals surface area (Å²) in [6.45, 7) is 1.00. The van der Waals surface area contributed by atoms with Gasteiger partial charge in [0.2, 0.25) is 5.78 Å². The van der Waals surface area contributed by atoms with E-state index in [0.29, 0.717) is 0 Å². The molecule has 0 radical (unpaired) electrons. The van der Waals surface area contributed by atoms with Crippen LogP contribution in [0.3, 0.4) is 0 Å². The first-order valence-electron chi connectivity index (χ1n) is 1.38. The monoisotopic (exact) mass is 96.0 g/mol. The number of carbonyl (C=O) groups is 2. The Hall–Kier alpha value is -0.263. The van der Waals surface area contributed by atoms with E-state index in [4.69, 9.17) is 5.11 Å². The van der Waals surface area contributed by atoms with Gasteiger partial charge in [-0.3, -0.25) is 4.79 Å². The Morgan fingerprint density at radius 2 is 1.71 bits per heavy atom. The van der Waals surface area contributed by atoms with Crippen molar-refractivity contribution >= 4 is 11.8 Å². The third kappa shape index (κ3) is 5.74. The topological polar surface area (TPSA) is 54.4 Å². The first kappa shape index (κ1) is 9.88. The number of carboxylic acid groups (broad SMARTS) is 1. The van der Waals surface area contributed by atoms with Crippen molar-refractivity contribution in [3.05, 3.63) is 0 Å². The molecule has 0 rings (SSSR count). The van der Waals surface area contributed by atoms with Crippen LogP contribution in [0.4, 0.5) is 0 Å². The summed E-state index contributed by atoms with van der Waals surface area (Å²) in [5.41, 5.74) is 0. The maximum absolute atomic E-state index is 9.54. The van der Waals surface area contributed by atoms with Gasteiger partial charge in [0.15, 0.2) is 0 Å². The molecule has 0 amide bonds. The van der Waals surface area contributed by atoms with Crippen molar-refractivity contribution in [1.29, 1.82) is 0 Å². The summed E-state index contributed by atoms with van der Waals surface area (Å²) in [5.74, 6) is -2.20. The molecule has 0 aliphatic heterocycles. The number of rotatable bonds is 1. The maximum atomic E-state index is 9.54. The summed E-state index contributed by atoms with van der Waals surface area (Å²) >= 11 is 0.